The van der Waals surface area contributed by atoms with Crippen LogP contribution in [0.5, 0.6) is 0 Å². The molecule has 2 aromatic carbocycles. The van der Waals surface area contributed by atoms with E-state index in [0.29, 0.717) is 30.0 Å². The zero-order chi connectivity index (χ0) is 19.9. The van der Waals surface area contributed by atoms with Crippen LogP contribution in [0.3, 0.4) is 0 Å². The van der Waals surface area contributed by atoms with Crippen LogP contribution in [0.1, 0.15) is 33.3 Å². The fourth-order valence-electron chi connectivity index (χ4n) is 2.54. The van der Waals surface area contributed by atoms with E-state index in [1.54, 1.807) is 30.3 Å². The Hall–Kier alpha value is -3.61. The lowest BCUT2D eigenvalue weighted by Crippen LogP contribution is -2.26. The summed E-state index contributed by atoms with van der Waals surface area (Å²) in [5, 5.41) is 5.80. The fraction of sp³-hybridized carbons (Fsp3) is 0.143. The van der Waals surface area contributed by atoms with Crippen molar-refractivity contribution in [1.29, 1.82) is 0 Å². The zero-order valence-electron chi connectivity index (χ0n) is 15.3. The average molecular weight is 378 g/mol. The van der Waals surface area contributed by atoms with Gasteiger partial charge in [-0.25, -0.2) is 14.4 Å². The Bertz CT molecular complexity index is 972. The molecule has 0 saturated carbocycles. The van der Waals surface area contributed by atoms with Gasteiger partial charge < -0.3 is 10.6 Å². The summed E-state index contributed by atoms with van der Waals surface area (Å²) in [6, 6.07) is 13.2. The quantitative estimate of drug-likeness (QED) is 0.615. The van der Waals surface area contributed by atoms with Gasteiger partial charge in [-0.2, -0.15) is 0 Å². The minimum absolute atomic E-state index is 0.0256. The van der Waals surface area contributed by atoms with Gasteiger partial charge in [-0.15, -0.1) is 0 Å². The van der Waals surface area contributed by atoms with Gasteiger partial charge >= 0.3 is 0 Å². The topological polar surface area (TPSA) is 84.0 Å². The van der Waals surface area contributed by atoms with E-state index in [-0.39, 0.29) is 23.2 Å². The summed E-state index contributed by atoms with van der Waals surface area (Å²) < 4.78 is 12.9. The zero-order valence-corrected chi connectivity index (χ0v) is 15.3. The van der Waals surface area contributed by atoms with Crippen molar-refractivity contribution in [3.63, 3.8) is 0 Å². The van der Waals surface area contributed by atoms with Gasteiger partial charge in [0.05, 0.1) is 12.4 Å². The molecule has 0 atom stereocenters. The summed E-state index contributed by atoms with van der Waals surface area (Å²) in [5.74, 6) is -0.185. The molecule has 0 bridgehead atoms. The highest BCUT2D eigenvalue weighted by atomic mass is 19.1. The molecule has 1 amide bonds. The summed E-state index contributed by atoms with van der Waals surface area (Å²) in [6.07, 6.45) is 3.42. The van der Waals surface area contributed by atoms with Gasteiger partial charge in [-0.05, 0) is 43.2 Å². The highest BCUT2D eigenvalue weighted by molar-refractivity contribution is 5.95. The second-order valence-corrected chi connectivity index (χ2v) is 6.18. The highest BCUT2D eigenvalue weighted by Crippen LogP contribution is 2.16. The maximum Gasteiger partial charge on any atom is 0.271 e. The number of rotatable bonds is 7. The molecule has 0 fully saturated rings. The van der Waals surface area contributed by atoms with Gasteiger partial charge in [0.25, 0.3) is 5.91 Å². The standard InChI is InChI=1S/C21H19FN4O2/c1-14(27)16-3-2-4-18(11-16)26-20-13-24-19(12-25-20)21(28)23-10-9-15-5-7-17(22)8-6-15/h2-8,11-13H,9-10H2,1H3,(H,23,28)(H,25,26). The van der Waals surface area contributed by atoms with E-state index in [1.807, 2.05) is 6.07 Å². The number of aromatic nitrogens is 2. The Morgan fingerprint density at radius 2 is 1.82 bits per heavy atom. The first kappa shape index (κ1) is 19.2. The third-order valence-corrected chi connectivity index (χ3v) is 4.04. The van der Waals surface area contributed by atoms with Crippen LogP contribution in [0.25, 0.3) is 0 Å². The number of carbonyl (C=O) groups excluding carboxylic acids is 2. The highest BCUT2D eigenvalue weighted by Gasteiger charge is 2.08. The maximum atomic E-state index is 12.9. The van der Waals surface area contributed by atoms with Crippen LogP contribution in [0.15, 0.2) is 60.9 Å². The monoisotopic (exact) mass is 378 g/mol. The molecular weight excluding hydrogens is 359 g/mol. The minimum Gasteiger partial charge on any atom is -0.350 e. The molecular formula is C21H19FN4O2. The van der Waals surface area contributed by atoms with E-state index in [1.165, 1.54) is 31.5 Å². The molecule has 0 aliphatic rings. The molecule has 6 nitrogen and oxygen atoms in total. The van der Waals surface area contributed by atoms with Gasteiger partial charge in [-0.3, -0.25) is 9.59 Å². The molecule has 0 saturated heterocycles. The lowest BCUT2D eigenvalue weighted by atomic mass is 10.1. The molecule has 142 valence electrons. The van der Waals surface area contributed by atoms with Crippen LogP contribution in [0.2, 0.25) is 0 Å². The summed E-state index contributed by atoms with van der Waals surface area (Å²) in [5.41, 5.74) is 2.43. The predicted octanol–water partition coefficient (Wildman–Crippen LogP) is 3.53. The Labute approximate surface area is 161 Å². The molecule has 3 aromatic rings. The van der Waals surface area contributed by atoms with E-state index < -0.39 is 0 Å². The number of ketones is 1. The smallest absolute Gasteiger partial charge is 0.271 e. The van der Waals surface area contributed by atoms with E-state index >= 15 is 0 Å². The van der Waals surface area contributed by atoms with E-state index in [2.05, 4.69) is 20.6 Å². The van der Waals surface area contributed by atoms with Crippen LogP contribution in [-0.4, -0.2) is 28.2 Å². The average Bonchev–Trinajstić information content (AvgIpc) is 2.70. The Morgan fingerprint density at radius 3 is 2.50 bits per heavy atom. The van der Waals surface area contributed by atoms with Gasteiger partial charge in [0, 0.05) is 17.8 Å². The molecule has 1 heterocycles. The fourth-order valence-corrected chi connectivity index (χ4v) is 2.54. The van der Waals surface area contributed by atoms with Gasteiger partial charge in [0.1, 0.15) is 17.3 Å². The van der Waals surface area contributed by atoms with Crippen LogP contribution >= 0.6 is 0 Å². The third kappa shape index (κ3) is 5.20. The van der Waals surface area contributed by atoms with Crippen molar-refractivity contribution < 1.29 is 14.0 Å². The van der Waals surface area contributed by atoms with E-state index in [0.717, 1.165) is 5.56 Å². The van der Waals surface area contributed by atoms with Gasteiger partial charge in [-0.1, -0.05) is 24.3 Å². The minimum atomic E-state index is -0.334. The van der Waals surface area contributed by atoms with Crippen molar-refractivity contribution in [2.75, 3.05) is 11.9 Å². The molecule has 1 aromatic heterocycles. The number of benzene rings is 2. The van der Waals surface area contributed by atoms with Crippen LogP contribution in [-0.2, 0) is 6.42 Å². The molecule has 0 spiro atoms. The molecule has 0 radical (unpaired) electrons. The van der Waals surface area contributed by atoms with Crippen molar-refractivity contribution in [2.45, 2.75) is 13.3 Å². The first-order chi connectivity index (χ1) is 13.5. The first-order valence-electron chi connectivity index (χ1n) is 8.74. The van der Waals surface area contributed by atoms with Crippen molar-refractivity contribution in [3.8, 4) is 0 Å². The molecule has 0 unspecified atom stereocenters. The summed E-state index contributed by atoms with van der Waals surface area (Å²) in [6.45, 7) is 1.91. The Kier molecular flexibility index (Phi) is 6.06. The van der Waals surface area contributed by atoms with Crippen LogP contribution < -0.4 is 10.6 Å². The number of Topliss-reactive ketones (excluding diaryl/α,β-unsaturated/α-hetero) is 1. The lowest BCUT2D eigenvalue weighted by Gasteiger charge is -2.08. The van der Waals surface area contributed by atoms with Crippen molar-refractivity contribution >= 4 is 23.2 Å². The first-order valence-corrected chi connectivity index (χ1v) is 8.74. The molecule has 3 rings (SSSR count). The predicted molar refractivity (Wildman–Crippen MR) is 104 cm³/mol. The number of hydrogen-bond acceptors (Lipinski definition) is 5. The summed E-state index contributed by atoms with van der Waals surface area (Å²) in [7, 11) is 0. The second kappa shape index (κ2) is 8.85. The van der Waals surface area contributed by atoms with E-state index in [9.17, 15) is 14.0 Å². The van der Waals surface area contributed by atoms with Crippen LogP contribution in [0, 0.1) is 5.82 Å². The van der Waals surface area contributed by atoms with Crippen molar-refractivity contribution in [1.82, 2.24) is 15.3 Å². The third-order valence-electron chi connectivity index (χ3n) is 4.04. The van der Waals surface area contributed by atoms with E-state index in [4.69, 9.17) is 0 Å². The number of carbonyl (C=O) groups is 2. The molecule has 0 aliphatic heterocycles. The molecule has 2 N–H and O–H groups in total. The number of nitrogens with zero attached hydrogens (tertiary/aromatic N) is 2. The SMILES string of the molecule is CC(=O)c1cccc(Nc2cnc(C(=O)NCCc3ccc(F)cc3)cn2)c1. The molecule has 0 aliphatic carbocycles. The van der Waals surface area contributed by atoms with Gasteiger partial charge in [0.2, 0.25) is 0 Å². The Balaban J connectivity index is 1.54. The largest absolute Gasteiger partial charge is 0.350 e. The second-order valence-electron chi connectivity index (χ2n) is 6.18. The van der Waals surface area contributed by atoms with Crippen LogP contribution in [0.4, 0.5) is 15.9 Å². The summed E-state index contributed by atoms with van der Waals surface area (Å²) >= 11 is 0. The summed E-state index contributed by atoms with van der Waals surface area (Å²) in [4.78, 5) is 31.9. The number of amides is 1. The lowest BCUT2D eigenvalue weighted by molar-refractivity contribution is 0.0947. The molecule has 28 heavy (non-hydrogen) atoms. The van der Waals surface area contributed by atoms with Crippen molar-refractivity contribution in [3.05, 3.63) is 83.6 Å². The van der Waals surface area contributed by atoms with Gasteiger partial charge in [0.15, 0.2) is 5.78 Å². The maximum absolute atomic E-state index is 12.9. The number of halogens is 1. The number of hydrogen-bond donors (Lipinski definition) is 2. The normalized spacial score (nSPS) is 10.4. The number of anilines is 2. The Morgan fingerprint density at radius 1 is 1.04 bits per heavy atom. The number of nitrogens with one attached hydrogen (secondary N) is 2. The molecule has 7 heteroatoms. The van der Waals surface area contributed by atoms with Crippen molar-refractivity contribution in [2.24, 2.45) is 0 Å².